The lowest BCUT2D eigenvalue weighted by molar-refractivity contribution is -0.125. The highest BCUT2D eigenvalue weighted by Crippen LogP contribution is 2.27. The van der Waals surface area contributed by atoms with Crippen molar-refractivity contribution in [2.45, 2.75) is 36.7 Å². The van der Waals surface area contributed by atoms with Crippen LogP contribution in [0.2, 0.25) is 0 Å². The fourth-order valence-electron chi connectivity index (χ4n) is 3.21. The number of benzene rings is 1. The minimum absolute atomic E-state index is 0.125. The van der Waals surface area contributed by atoms with Gasteiger partial charge in [-0.3, -0.25) is 4.79 Å². The molecule has 10 heteroatoms. The summed E-state index contributed by atoms with van der Waals surface area (Å²) in [5.41, 5.74) is 1.23. The SMILES string of the molecule is CNC(=O)C1CCCCN1S(=O)(=O)c1ccc2c(c1)nnn2CCOC. The normalized spacial score (nSPS) is 18.9. The topological polar surface area (TPSA) is 106 Å². The van der Waals surface area contributed by atoms with Crippen LogP contribution in [0.15, 0.2) is 23.1 Å². The molecule has 1 atom stereocenters. The second kappa shape index (κ2) is 7.68. The van der Waals surface area contributed by atoms with E-state index < -0.39 is 16.1 Å². The average molecular weight is 381 g/mol. The Morgan fingerprint density at radius 2 is 2.19 bits per heavy atom. The van der Waals surface area contributed by atoms with Crippen molar-refractivity contribution < 1.29 is 17.9 Å². The summed E-state index contributed by atoms with van der Waals surface area (Å²) in [6.07, 6.45) is 2.09. The zero-order valence-corrected chi connectivity index (χ0v) is 15.7. The Morgan fingerprint density at radius 1 is 1.38 bits per heavy atom. The summed E-state index contributed by atoms with van der Waals surface area (Å²) in [4.78, 5) is 12.2. The molecule has 1 aromatic heterocycles. The van der Waals surface area contributed by atoms with Crippen LogP contribution in [0.5, 0.6) is 0 Å². The number of likely N-dealkylation sites (N-methyl/N-ethyl adjacent to an activating group) is 1. The van der Waals surface area contributed by atoms with Crippen LogP contribution in [-0.2, 0) is 26.1 Å². The van der Waals surface area contributed by atoms with Gasteiger partial charge in [-0.05, 0) is 31.0 Å². The van der Waals surface area contributed by atoms with E-state index >= 15 is 0 Å². The molecule has 0 bridgehead atoms. The van der Waals surface area contributed by atoms with Crippen molar-refractivity contribution in [1.29, 1.82) is 0 Å². The Hall–Kier alpha value is -2.04. The first kappa shape index (κ1) is 18.7. The molecule has 1 aliphatic rings. The number of fused-ring (bicyclic) bond motifs is 1. The molecular weight excluding hydrogens is 358 g/mol. The van der Waals surface area contributed by atoms with Crippen LogP contribution < -0.4 is 5.32 Å². The summed E-state index contributed by atoms with van der Waals surface area (Å²) < 4.78 is 34.2. The van der Waals surface area contributed by atoms with Crippen molar-refractivity contribution >= 4 is 27.0 Å². The predicted octanol–water partition coefficient (Wildman–Crippen LogP) is 0.367. The highest BCUT2D eigenvalue weighted by atomic mass is 32.2. The molecular formula is C16H23N5O4S. The second-order valence-corrected chi connectivity index (χ2v) is 8.09. The van der Waals surface area contributed by atoms with E-state index in [1.807, 2.05) is 0 Å². The summed E-state index contributed by atoms with van der Waals surface area (Å²) in [6, 6.07) is 4.07. The van der Waals surface area contributed by atoms with Crippen LogP contribution in [-0.4, -0.2) is 67.0 Å². The molecule has 1 N–H and O–H groups in total. The van der Waals surface area contributed by atoms with E-state index in [4.69, 9.17) is 4.74 Å². The molecule has 1 aliphatic heterocycles. The van der Waals surface area contributed by atoms with Crippen LogP contribution >= 0.6 is 0 Å². The molecule has 0 aliphatic carbocycles. The summed E-state index contributed by atoms with van der Waals surface area (Å²) in [5, 5.41) is 10.7. The molecule has 9 nitrogen and oxygen atoms in total. The monoisotopic (exact) mass is 381 g/mol. The Bertz CT molecular complexity index is 895. The third kappa shape index (κ3) is 3.44. The van der Waals surface area contributed by atoms with Gasteiger partial charge in [-0.2, -0.15) is 4.31 Å². The fraction of sp³-hybridized carbons (Fsp3) is 0.562. The van der Waals surface area contributed by atoms with Crippen molar-refractivity contribution in [3.8, 4) is 0 Å². The maximum Gasteiger partial charge on any atom is 0.243 e. The molecule has 3 rings (SSSR count). The number of hydrogen-bond acceptors (Lipinski definition) is 6. The molecule has 1 aromatic carbocycles. The number of carbonyl (C=O) groups is 1. The molecule has 0 saturated carbocycles. The highest BCUT2D eigenvalue weighted by molar-refractivity contribution is 7.89. The van der Waals surface area contributed by atoms with Crippen molar-refractivity contribution in [3.05, 3.63) is 18.2 Å². The van der Waals surface area contributed by atoms with Crippen LogP contribution in [0.1, 0.15) is 19.3 Å². The number of carbonyl (C=O) groups excluding carboxylic acids is 1. The van der Waals surface area contributed by atoms with Gasteiger partial charge in [0.15, 0.2) is 0 Å². The van der Waals surface area contributed by atoms with Crippen molar-refractivity contribution in [1.82, 2.24) is 24.6 Å². The lowest BCUT2D eigenvalue weighted by atomic mass is 10.0. The van der Waals surface area contributed by atoms with Crippen molar-refractivity contribution in [3.63, 3.8) is 0 Å². The predicted molar refractivity (Wildman–Crippen MR) is 95.0 cm³/mol. The van der Waals surface area contributed by atoms with Crippen LogP contribution in [0.4, 0.5) is 0 Å². The first-order valence-electron chi connectivity index (χ1n) is 8.54. The standard InChI is InChI=1S/C16H23N5O4S/c1-17-16(22)15-5-3-4-8-21(15)26(23,24)12-6-7-14-13(11-12)18-19-20(14)9-10-25-2/h6-7,11,15H,3-5,8-10H2,1-2H3,(H,17,22). The van der Waals surface area contributed by atoms with Gasteiger partial charge in [-0.1, -0.05) is 11.6 Å². The van der Waals surface area contributed by atoms with E-state index in [1.54, 1.807) is 23.9 Å². The van der Waals surface area contributed by atoms with E-state index in [1.165, 1.54) is 17.4 Å². The Balaban J connectivity index is 1.94. The van der Waals surface area contributed by atoms with Gasteiger partial charge < -0.3 is 10.1 Å². The number of aromatic nitrogens is 3. The quantitative estimate of drug-likeness (QED) is 0.775. The van der Waals surface area contributed by atoms with E-state index in [0.717, 1.165) is 18.4 Å². The zero-order valence-electron chi connectivity index (χ0n) is 14.9. The van der Waals surface area contributed by atoms with Gasteiger partial charge in [-0.25, -0.2) is 13.1 Å². The second-order valence-electron chi connectivity index (χ2n) is 6.20. The van der Waals surface area contributed by atoms with Gasteiger partial charge >= 0.3 is 0 Å². The maximum absolute atomic E-state index is 13.1. The van der Waals surface area contributed by atoms with Gasteiger partial charge in [0.2, 0.25) is 15.9 Å². The number of methoxy groups -OCH3 is 1. The van der Waals surface area contributed by atoms with Gasteiger partial charge in [0.05, 0.1) is 23.6 Å². The number of nitrogens with zero attached hydrogens (tertiary/aromatic N) is 4. The zero-order chi connectivity index (χ0) is 18.7. The Morgan fingerprint density at radius 3 is 2.92 bits per heavy atom. The molecule has 142 valence electrons. The molecule has 0 spiro atoms. The van der Waals surface area contributed by atoms with Crippen LogP contribution in [0, 0.1) is 0 Å². The summed E-state index contributed by atoms with van der Waals surface area (Å²) in [7, 11) is -0.672. The molecule has 1 unspecified atom stereocenters. The Kier molecular flexibility index (Phi) is 5.54. The minimum atomic E-state index is -3.79. The fourth-order valence-corrected chi connectivity index (χ4v) is 4.89. The first-order valence-corrected chi connectivity index (χ1v) is 9.98. The largest absolute Gasteiger partial charge is 0.383 e. The van der Waals surface area contributed by atoms with Gasteiger partial charge in [0, 0.05) is 20.7 Å². The third-order valence-electron chi connectivity index (χ3n) is 4.60. The minimum Gasteiger partial charge on any atom is -0.383 e. The van der Waals surface area contributed by atoms with E-state index in [2.05, 4.69) is 15.6 Å². The first-order chi connectivity index (χ1) is 12.5. The Labute approximate surface area is 152 Å². The smallest absolute Gasteiger partial charge is 0.243 e. The number of piperidine rings is 1. The number of ether oxygens (including phenoxy) is 1. The molecule has 1 fully saturated rings. The average Bonchev–Trinajstić information content (AvgIpc) is 3.08. The number of sulfonamides is 1. The van der Waals surface area contributed by atoms with E-state index in [9.17, 15) is 13.2 Å². The highest BCUT2D eigenvalue weighted by Gasteiger charge is 2.37. The third-order valence-corrected chi connectivity index (χ3v) is 6.51. The van der Waals surface area contributed by atoms with Crippen molar-refractivity contribution in [2.24, 2.45) is 0 Å². The van der Waals surface area contributed by atoms with Crippen LogP contribution in [0.25, 0.3) is 11.0 Å². The van der Waals surface area contributed by atoms with E-state index in [-0.39, 0.29) is 10.8 Å². The van der Waals surface area contributed by atoms with Gasteiger partial charge in [0.1, 0.15) is 11.6 Å². The maximum atomic E-state index is 13.1. The van der Waals surface area contributed by atoms with E-state index in [0.29, 0.717) is 31.6 Å². The molecule has 26 heavy (non-hydrogen) atoms. The summed E-state index contributed by atoms with van der Waals surface area (Å²) in [5.74, 6) is -0.278. The molecule has 2 heterocycles. The summed E-state index contributed by atoms with van der Waals surface area (Å²) in [6.45, 7) is 1.35. The number of nitrogens with one attached hydrogen (secondary N) is 1. The molecule has 2 aromatic rings. The van der Waals surface area contributed by atoms with Crippen molar-refractivity contribution in [2.75, 3.05) is 27.3 Å². The number of amides is 1. The van der Waals surface area contributed by atoms with Crippen LogP contribution in [0.3, 0.4) is 0 Å². The lowest BCUT2D eigenvalue weighted by Crippen LogP contribution is -2.51. The molecule has 1 amide bonds. The van der Waals surface area contributed by atoms with Gasteiger partial charge in [-0.15, -0.1) is 5.10 Å². The number of hydrogen-bond donors (Lipinski definition) is 1. The summed E-state index contributed by atoms with van der Waals surface area (Å²) >= 11 is 0. The molecule has 1 saturated heterocycles. The lowest BCUT2D eigenvalue weighted by Gasteiger charge is -2.33. The molecule has 0 radical (unpaired) electrons. The van der Waals surface area contributed by atoms with Gasteiger partial charge in [0.25, 0.3) is 0 Å². The number of rotatable bonds is 6.